The van der Waals surface area contributed by atoms with Crippen molar-refractivity contribution in [3.05, 3.63) is 35.4 Å². The van der Waals surface area contributed by atoms with Crippen LogP contribution < -0.4 is 0 Å². The Morgan fingerprint density at radius 2 is 1.43 bits per heavy atom. The van der Waals surface area contributed by atoms with E-state index in [0.29, 0.717) is 5.56 Å². The van der Waals surface area contributed by atoms with Gasteiger partial charge in [0.25, 0.3) is 0 Å². The van der Waals surface area contributed by atoms with Crippen LogP contribution in [0.2, 0.25) is 0 Å². The molecule has 0 aromatic heterocycles. The summed E-state index contributed by atoms with van der Waals surface area (Å²) in [7, 11) is -2.80. The van der Waals surface area contributed by atoms with E-state index in [1.807, 2.05) is 6.07 Å². The lowest BCUT2D eigenvalue weighted by atomic mass is 10.1. The third-order valence-electron chi connectivity index (χ3n) is 2.93. The number of hydrogen-bond acceptors (Lipinski definition) is 7. The Labute approximate surface area is 124 Å². The summed E-state index contributed by atoms with van der Waals surface area (Å²) >= 11 is 0. The van der Waals surface area contributed by atoms with Crippen molar-refractivity contribution < 1.29 is 31.7 Å². The SMILES string of the molecule is COP(=O)(OC)OC(c1ccccc1C)P(=O)(OC)OC. The normalized spacial score (nSPS) is 14.1. The minimum absolute atomic E-state index is 0.513. The largest absolute Gasteiger partial charge is 0.475 e. The van der Waals surface area contributed by atoms with E-state index >= 15 is 0 Å². The summed E-state index contributed by atoms with van der Waals surface area (Å²) < 4.78 is 49.7. The number of rotatable bonds is 8. The molecule has 0 saturated carbocycles. The molecule has 0 spiro atoms. The molecule has 1 rings (SSSR count). The second-order valence-corrected chi connectivity index (χ2v) is 8.15. The molecule has 0 aliphatic rings. The number of phosphoric ester groups is 1. The maximum Gasteiger partial charge on any atom is 0.475 e. The fourth-order valence-electron chi connectivity index (χ4n) is 1.70. The van der Waals surface area contributed by atoms with Crippen molar-refractivity contribution in [2.75, 3.05) is 28.4 Å². The maximum atomic E-state index is 12.7. The molecule has 1 aromatic carbocycles. The van der Waals surface area contributed by atoms with Crippen molar-refractivity contribution in [2.24, 2.45) is 0 Å². The van der Waals surface area contributed by atoms with Gasteiger partial charge in [-0.15, -0.1) is 0 Å². The van der Waals surface area contributed by atoms with Crippen molar-refractivity contribution in [1.82, 2.24) is 0 Å². The number of hydrogen-bond donors (Lipinski definition) is 0. The molecule has 0 saturated heterocycles. The third kappa shape index (κ3) is 4.24. The van der Waals surface area contributed by atoms with E-state index in [4.69, 9.17) is 22.6 Å². The lowest BCUT2D eigenvalue weighted by molar-refractivity contribution is 0.116. The first kappa shape index (κ1) is 18.5. The molecule has 0 fully saturated rings. The molecule has 1 aromatic rings. The molecule has 0 N–H and O–H groups in total. The summed E-state index contributed by atoms with van der Waals surface area (Å²) in [6, 6.07) is 7.03. The van der Waals surface area contributed by atoms with E-state index in [1.54, 1.807) is 25.1 Å². The van der Waals surface area contributed by atoms with Crippen LogP contribution in [0.5, 0.6) is 0 Å². The average Bonchev–Trinajstić information content (AvgIpc) is 2.52. The van der Waals surface area contributed by atoms with Gasteiger partial charge in [0.05, 0.1) is 0 Å². The van der Waals surface area contributed by atoms with Gasteiger partial charge < -0.3 is 9.05 Å². The Balaban J connectivity index is 3.35. The topological polar surface area (TPSA) is 80.3 Å². The van der Waals surface area contributed by atoms with Gasteiger partial charge in [-0.3, -0.25) is 18.1 Å². The smallest absolute Gasteiger partial charge is 0.310 e. The molecule has 0 heterocycles. The van der Waals surface area contributed by atoms with Crippen molar-refractivity contribution in [3.63, 3.8) is 0 Å². The van der Waals surface area contributed by atoms with Gasteiger partial charge in [-0.25, -0.2) is 4.57 Å². The van der Waals surface area contributed by atoms with Crippen molar-refractivity contribution in [1.29, 1.82) is 0 Å². The fourth-order valence-corrected chi connectivity index (χ4v) is 4.35. The van der Waals surface area contributed by atoms with E-state index in [0.717, 1.165) is 5.56 Å². The first-order valence-electron chi connectivity index (χ1n) is 6.02. The second kappa shape index (κ2) is 7.65. The van der Waals surface area contributed by atoms with Gasteiger partial charge in [-0.1, -0.05) is 24.3 Å². The zero-order valence-corrected chi connectivity index (χ0v) is 14.4. The van der Waals surface area contributed by atoms with Crippen molar-refractivity contribution in [2.45, 2.75) is 12.8 Å². The quantitative estimate of drug-likeness (QED) is 0.665. The van der Waals surface area contributed by atoms with Crippen LogP contribution in [0.4, 0.5) is 0 Å². The highest BCUT2D eigenvalue weighted by Crippen LogP contribution is 2.67. The van der Waals surface area contributed by atoms with Gasteiger partial charge in [0.1, 0.15) is 0 Å². The maximum absolute atomic E-state index is 12.7. The summed E-state index contributed by atoms with van der Waals surface area (Å²) in [6.07, 6.45) is 0. The van der Waals surface area contributed by atoms with E-state index < -0.39 is 21.3 Å². The molecule has 1 unspecified atom stereocenters. The summed E-state index contributed by atoms with van der Waals surface area (Å²) in [6.45, 7) is 1.80. The standard InChI is InChI=1S/C12H20O7P2/c1-10-8-6-7-9-11(10)12(20(13,15-2)16-3)19-21(14,17-4)18-5/h6-9,12H,1-5H3. The summed E-state index contributed by atoms with van der Waals surface area (Å²) in [5.41, 5.74) is 1.29. The van der Waals surface area contributed by atoms with E-state index in [1.165, 1.54) is 28.4 Å². The minimum atomic E-state index is -3.88. The third-order valence-corrected chi connectivity index (χ3v) is 6.43. The first-order valence-corrected chi connectivity index (χ1v) is 9.09. The zero-order chi connectivity index (χ0) is 16.1. The van der Waals surface area contributed by atoms with Crippen LogP contribution in [-0.4, -0.2) is 28.4 Å². The molecule has 0 amide bonds. The Bertz CT molecular complexity index is 544. The second-order valence-electron chi connectivity index (χ2n) is 4.03. The lowest BCUT2D eigenvalue weighted by Gasteiger charge is -2.27. The Morgan fingerprint density at radius 1 is 0.905 bits per heavy atom. The molecular weight excluding hydrogens is 318 g/mol. The molecule has 120 valence electrons. The van der Waals surface area contributed by atoms with Gasteiger partial charge >= 0.3 is 15.4 Å². The number of benzene rings is 1. The molecule has 7 nitrogen and oxygen atoms in total. The van der Waals surface area contributed by atoms with Crippen LogP contribution in [0, 0.1) is 6.92 Å². The Kier molecular flexibility index (Phi) is 6.75. The van der Waals surface area contributed by atoms with Crippen LogP contribution in [0.3, 0.4) is 0 Å². The molecular formula is C12H20O7P2. The highest BCUT2D eigenvalue weighted by atomic mass is 31.2. The van der Waals surface area contributed by atoms with Gasteiger partial charge in [-0.2, -0.15) is 0 Å². The Hall–Kier alpha value is -0.520. The van der Waals surface area contributed by atoms with Crippen LogP contribution in [0.1, 0.15) is 17.0 Å². The van der Waals surface area contributed by atoms with Crippen molar-refractivity contribution in [3.8, 4) is 0 Å². The van der Waals surface area contributed by atoms with E-state index in [9.17, 15) is 9.13 Å². The average molecular weight is 338 g/mol. The van der Waals surface area contributed by atoms with E-state index in [2.05, 4.69) is 0 Å². The van der Waals surface area contributed by atoms with Gasteiger partial charge in [0, 0.05) is 28.4 Å². The van der Waals surface area contributed by atoms with Crippen molar-refractivity contribution >= 4 is 15.4 Å². The van der Waals surface area contributed by atoms with Gasteiger partial charge in [-0.05, 0) is 18.1 Å². The zero-order valence-electron chi connectivity index (χ0n) is 12.6. The van der Waals surface area contributed by atoms with Gasteiger partial charge in [0.15, 0.2) is 5.85 Å². The van der Waals surface area contributed by atoms with Crippen LogP contribution in [0.15, 0.2) is 24.3 Å². The predicted octanol–water partition coefficient (Wildman–Crippen LogP) is 3.90. The lowest BCUT2D eigenvalue weighted by Crippen LogP contribution is -2.10. The summed E-state index contributed by atoms with van der Waals surface area (Å²) in [5.74, 6) is -1.24. The van der Waals surface area contributed by atoms with Gasteiger partial charge in [0.2, 0.25) is 0 Å². The highest BCUT2D eigenvalue weighted by molar-refractivity contribution is 7.55. The Morgan fingerprint density at radius 3 is 1.86 bits per heavy atom. The minimum Gasteiger partial charge on any atom is -0.310 e. The molecule has 0 bridgehead atoms. The van der Waals surface area contributed by atoms with Crippen LogP contribution in [-0.2, 0) is 31.7 Å². The summed E-state index contributed by atoms with van der Waals surface area (Å²) in [5, 5.41) is 0. The first-order chi connectivity index (χ1) is 9.85. The molecule has 0 radical (unpaired) electrons. The fraction of sp³-hybridized carbons (Fsp3) is 0.500. The van der Waals surface area contributed by atoms with Crippen LogP contribution >= 0.6 is 15.4 Å². The summed E-state index contributed by atoms with van der Waals surface area (Å²) in [4.78, 5) is 0. The highest BCUT2D eigenvalue weighted by Gasteiger charge is 2.43. The number of aryl methyl sites for hydroxylation is 1. The van der Waals surface area contributed by atoms with Crippen LogP contribution in [0.25, 0.3) is 0 Å². The molecule has 9 heteroatoms. The molecule has 0 aliphatic carbocycles. The number of phosphoric acid groups is 1. The predicted molar refractivity (Wildman–Crippen MR) is 78.3 cm³/mol. The monoisotopic (exact) mass is 338 g/mol. The molecule has 0 aliphatic heterocycles. The molecule has 1 atom stereocenters. The van der Waals surface area contributed by atoms with E-state index in [-0.39, 0.29) is 0 Å². The molecule has 21 heavy (non-hydrogen) atoms.